The molecule has 1 aromatic heterocycles. The summed E-state index contributed by atoms with van der Waals surface area (Å²) in [5.41, 5.74) is 1.84. The van der Waals surface area contributed by atoms with Crippen molar-refractivity contribution in [1.29, 1.82) is 0 Å². The van der Waals surface area contributed by atoms with Gasteiger partial charge in [0, 0.05) is 26.3 Å². The summed E-state index contributed by atoms with van der Waals surface area (Å²) in [5.74, 6) is 1.32. The molecule has 0 aliphatic rings. The summed E-state index contributed by atoms with van der Waals surface area (Å²) in [6.07, 6.45) is 1.75. The summed E-state index contributed by atoms with van der Waals surface area (Å²) in [6.45, 7) is 7.66. The number of guanidine groups is 1. The number of benzene rings is 1. The Morgan fingerprint density at radius 1 is 1.23 bits per heavy atom. The zero-order valence-electron chi connectivity index (χ0n) is 16.1. The fraction of sp³-hybridized carbons (Fsp3) is 0.474. The van der Waals surface area contributed by atoms with Crippen LogP contribution in [0, 0.1) is 5.41 Å². The molecular formula is C19H29IN4O2. The van der Waals surface area contributed by atoms with Crippen molar-refractivity contribution in [2.24, 2.45) is 10.4 Å². The van der Waals surface area contributed by atoms with Crippen LogP contribution in [0.5, 0.6) is 0 Å². The van der Waals surface area contributed by atoms with E-state index in [4.69, 9.17) is 9.15 Å². The van der Waals surface area contributed by atoms with E-state index >= 15 is 0 Å². The van der Waals surface area contributed by atoms with Crippen LogP contribution in [0.15, 0.2) is 46.0 Å². The van der Waals surface area contributed by atoms with Gasteiger partial charge in [0.2, 0.25) is 5.89 Å². The zero-order valence-corrected chi connectivity index (χ0v) is 18.4. The number of rotatable bonds is 6. The second-order valence-corrected chi connectivity index (χ2v) is 6.91. The van der Waals surface area contributed by atoms with Crippen LogP contribution in [0.3, 0.4) is 0 Å². The van der Waals surface area contributed by atoms with Crippen LogP contribution in [-0.2, 0) is 11.3 Å². The minimum Gasteiger partial charge on any atom is -0.444 e. The van der Waals surface area contributed by atoms with Gasteiger partial charge in [0.25, 0.3) is 0 Å². The Bertz CT molecular complexity index is 680. The SMILES string of the molecule is CN=C(NCc1coc(-c2ccccc2)n1)NCC(OC)C(C)(C)C.I. The molecule has 2 N–H and O–H groups in total. The first-order valence-electron chi connectivity index (χ1n) is 8.41. The van der Waals surface area contributed by atoms with E-state index < -0.39 is 0 Å². The first-order chi connectivity index (χ1) is 11.9. The summed E-state index contributed by atoms with van der Waals surface area (Å²) in [4.78, 5) is 8.74. The summed E-state index contributed by atoms with van der Waals surface area (Å²) in [6, 6.07) is 9.84. The predicted octanol–water partition coefficient (Wildman–Crippen LogP) is 3.69. The first-order valence-corrected chi connectivity index (χ1v) is 8.41. The molecule has 0 spiro atoms. The highest BCUT2D eigenvalue weighted by atomic mass is 127. The smallest absolute Gasteiger partial charge is 0.226 e. The van der Waals surface area contributed by atoms with Crippen LogP contribution in [0.4, 0.5) is 0 Å². The number of oxazole rings is 1. The summed E-state index contributed by atoms with van der Waals surface area (Å²) in [5, 5.41) is 6.53. The van der Waals surface area contributed by atoms with Gasteiger partial charge in [0.15, 0.2) is 5.96 Å². The van der Waals surface area contributed by atoms with Gasteiger partial charge in [-0.3, -0.25) is 4.99 Å². The molecule has 0 radical (unpaired) electrons. The summed E-state index contributed by atoms with van der Waals surface area (Å²) in [7, 11) is 3.47. The Morgan fingerprint density at radius 2 is 1.92 bits per heavy atom. The molecule has 1 unspecified atom stereocenters. The number of methoxy groups -OCH3 is 1. The van der Waals surface area contributed by atoms with Crippen LogP contribution in [0.1, 0.15) is 26.5 Å². The van der Waals surface area contributed by atoms with Crippen molar-refractivity contribution < 1.29 is 9.15 Å². The van der Waals surface area contributed by atoms with E-state index in [1.807, 2.05) is 30.3 Å². The van der Waals surface area contributed by atoms with Crippen LogP contribution in [0.25, 0.3) is 11.5 Å². The standard InChI is InChI=1S/C19H28N4O2.HI/c1-19(2,3)16(24-5)12-22-18(20-4)21-11-15-13-25-17(23-15)14-9-7-6-8-10-14;/h6-10,13,16H,11-12H2,1-5H3,(H2,20,21,22);1H. The molecule has 0 aliphatic carbocycles. The fourth-order valence-corrected chi connectivity index (χ4v) is 2.43. The van der Waals surface area contributed by atoms with E-state index in [0.29, 0.717) is 24.9 Å². The van der Waals surface area contributed by atoms with Crippen molar-refractivity contribution in [3.8, 4) is 11.5 Å². The maximum absolute atomic E-state index is 5.55. The second-order valence-electron chi connectivity index (χ2n) is 6.91. The molecule has 0 amide bonds. The molecule has 0 aliphatic heterocycles. The van der Waals surface area contributed by atoms with E-state index in [0.717, 1.165) is 11.3 Å². The van der Waals surface area contributed by atoms with Crippen LogP contribution < -0.4 is 10.6 Å². The molecule has 0 bridgehead atoms. The highest BCUT2D eigenvalue weighted by molar-refractivity contribution is 14.0. The number of nitrogens with zero attached hydrogens (tertiary/aromatic N) is 2. The van der Waals surface area contributed by atoms with E-state index in [2.05, 4.69) is 41.4 Å². The zero-order chi connectivity index (χ0) is 18.3. The quantitative estimate of drug-likeness (QED) is 0.381. The molecule has 1 atom stereocenters. The normalized spacial score (nSPS) is 13.0. The van der Waals surface area contributed by atoms with E-state index in [1.165, 1.54) is 0 Å². The first kappa shape index (κ1) is 22.4. The van der Waals surface area contributed by atoms with Crippen molar-refractivity contribution in [1.82, 2.24) is 15.6 Å². The molecule has 2 aromatic rings. The number of nitrogens with one attached hydrogen (secondary N) is 2. The van der Waals surface area contributed by atoms with Crippen LogP contribution in [0.2, 0.25) is 0 Å². The van der Waals surface area contributed by atoms with Crippen LogP contribution in [-0.4, -0.2) is 37.7 Å². The number of aromatic nitrogens is 1. The van der Waals surface area contributed by atoms with Crippen molar-refractivity contribution >= 4 is 29.9 Å². The van der Waals surface area contributed by atoms with Gasteiger partial charge in [-0.05, 0) is 17.5 Å². The van der Waals surface area contributed by atoms with Gasteiger partial charge in [-0.2, -0.15) is 0 Å². The molecule has 2 rings (SSSR count). The number of aliphatic imine (C=N–C) groups is 1. The monoisotopic (exact) mass is 472 g/mol. The van der Waals surface area contributed by atoms with E-state index in [1.54, 1.807) is 20.4 Å². The number of hydrogen-bond donors (Lipinski definition) is 2. The molecule has 0 saturated heterocycles. The molecule has 144 valence electrons. The Hall–Kier alpha value is -1.61. The van der Waals surface area contributed by atoms with Crippen molar-refractivity contribution in [3.63, 3.8) is 0 Å². The van der Waals surface area contributed by atoms with Gasteiger partial charge in [0.1, 0.15) is 6.26 Å². The molecule has 6 nitrogen and oxygen atoms in total. The van der Waals surface area contributed by atoms with Gasteiger partial charge in [-0.15, -0.1) is 24.0 Å². The maximum Gasteiger partial charge on any atom is 0.226 e. The molecule has 0 fully saturated rings. The average Bonchev–Trinajstić information content (AvgIpc) is 3.06. The van der Waals surface area contributed by atoms with Crippen LogP contribution >= 0.6 is 24.0 Å². The summed E-state index contributed by atoms with van der Waals surface area (Å²) >= 11 is 0. The van der Waals surface area contributed by atoms with Gasteiger partial charge < -0.3 is 19.8 Å². The third kappa shape index (κ3) is 6.60. The lowest BCUT2D eigenvalue weighted by Crippen LogP contribution is -2.45. The average molecular weight is 472 g/mol. The fourth-order valence-electron chi connectivity index (χ4n) is 2.43. The largest absolute Gasteiger partial charge is 0.444 e. The van der Waals surface area contributed by atoms with Gasteiger partial charge in [-0.1, -0.05) is 39.0 Å². The minimum atomic E-state index is 0. The maximum atomic E-state index is 5.55. The van der Waals surface area contributed by atoms with Gasteiger partial charge >= 0.3 is 0 Å². The minimum absolute atomic E-state index is 0. The Kier molecular flexibility index (Phi) is 9.07. The topological polar surface area (TPSA) is 71.7 Å². The highest BCUT2D eigenvalue weighted by Crippen LogP contribution is 2.21. The number of ether oxygens (including phenoxy) is 1. The van der Waals surface area contributed by atoms with Crippen molar-refractivity contribution in [3.05, 3.63) is 42.3 Å². The predicted molar refractivity (Wildman–Crippen MR) is 116 cm³/mol. The summed E-state index contributed by atoms with van der Waals surface area (Å²) < 4.78 is 11.1. The van der Waals surface area contributed by atoms with Gasteiger partial charge in [0.05, 0.1) is 18.3 Å². The molecule has 1 aromatic carbocycles. The Morgan fingerprint density at radius 3 is 2.50 bits per heavy atom. The lowest BCUT2D eigenvalue weighted by molar-refractivity contribution is 0.0205. The molecule has 26 heavy (non-hydrogen) atoms. The number of halogens is 1. The van der Waals surface area contributed by atoms with Gasteiger partial charge in [-0.25, -0.2) is 4.98 Å². The number of hydrogen-bond acceptors (Lipinski definition) is 4. The lowest BCUT2D eigenvalue weighted by atomic mass is 9.89. The third-order valence-electron chi connectivity index (χ3n) is 3.94. The molecule has 7 heteroatoms. The van der Waals surface area contributed by atoms with Crippen molar-refractivity contribution in [2.75, 3.05) is 20.7 Å². The van der Waals surface area contributed by atoms with E-state index in [9.17, 15) is 0 Å². The highest BCUT2D eigenvalue weighted by Gasteiger charge is 2.24. The van der Waals surface area contributed by atoms with Crippen molar-refractivity contribution in [2.45, 2.75) is 33.4 Å². The Balaban J connectivity index is 0.00000338. The molecular weight excluding hydrogens is 443 g/mol. The van der Waals surface area contributed by atoms with E-state index in [-0.39, 0.29) is 35.5 Å². The molecule has 1 heterocycles. The molecule has 0 saturated carbocycles. The lowest BCUT2D eigenvalue weighted by Gasteiger charge is -2.30. The Labute approximate surface area is 172 Å². The second kappa shape index (κ2) is 10.5. The third-order valence-corrected chi connectivity index (χ3v) is 3.94.